The van der Waals surface area contributed by atoms with Gasteiger partial charge in [-0.25, -0.2) is 0 Å². The Labute approximate surface area is 119 Å². The van der Waals surface area contributed by atoms with Crippen molar-refractivity contribution in [3.05, 3.63) is 60.6 Å². The fraction of sp³-hybridized carbons (Fsp3) is 0. The molecule has 4 rings (SSSR count). The van der Waals surface area contributed by atoms with E-state index in [1.165, 1.54) is 0 Å². The Morgan fingerprint density at radius 2 is 1.71 bits per heavy atom. The molecular weight excluding hydrogens is 266 g/mol. The van der Waals surface area contributed by atoms with Crippen LogP contribution in [-0.2, 0) is 0 Å². The molecule has 2 aromatic heterocycles. The maximum atomic E-state index is 11.8. The highest BCUT2D eigenvalue weighted by Crippen LogP contribution is 2.34. The van der Waals surface area contributed by atoms with E-state index in [0.29, 0.717) is 5.56 Å². The fourth-order valence-electron chi connectivity index (χ4n) is 2.67. The first-order valence-electron chi connectivity index (χ1n) is 6.52. The molecule has 2 N–H and O–H groups in total. The number of fused-ring (bicyclic) bond motifs is 2. The normalized spacial score (nSPS) is 11.2. The van der Waals surface area contributed by atoms with Crippen LogP contribution in [0.4, 0.5) is 0 Å². The van der Waals surface area contributed by atoms with E-state index < -0.39 is 5.91 Å². The third kappa shape index (κ3) is 1.73. The van der Waals surface area contributed by atoms with Crippen LogP contribution in [0.2, 0.25) is 0 Å². The summed E-state index contributed by atoms with van der Waals surface area (Å²) in [7, 11) is 0. The molecule has 1 amide bonds. The second-order valence-electron chi connectivity index (χ2n) is 4.86. The van der Waals surface area contributed by atoms with Gasteiger partial charge in [0.05, 0.1) is 12.5 Å². The van der Waals surface area contributed by atoms with Gasteiger partial charge < -0.3 is 14.6 Å². The maximum absolute atomic E-state index is 11.8. The molecule has 102 valence electrons. The average molecular weight is 277 g/mol. The summed E-state index contributed by atoms with van der Waals surface area (Å²) in [5, 5.41) is 1.79. The van der Waals surface area contributed by atoms with E-state index in [9.17, 15) is 4.79 Å². The summed E-state index contributed by atoms with van der Waals surface area (Å²) in [6.07, 6.45) is 3.22. The van der Waals surface area contributed by atoms with E-state index in [0.717, 1.165) is 33.1 Å². The summed E-state index contributed by atoms with van der Waals surface area (Å²) in [5.74, 6) is -0.464. The SMILES string of the molecule is NC(=O)c1cc2ccoc2cc1-c1cccc2occc12. The number of hydrogen-bond donors (Lipinski definition) is 1. The van der Waals surface area contributed by atoms with Crippen molar-refractivity contribution in [3.8, 4) is 11.1 Å². The molecule has 2 heterocycles. The molecule has 4 heteroatoms. The van der Waals surface area contributed by atoms with Crippen LogP contribution in [0.1, 0.15) is 10.4 Å². The topological polar surface area (TPSA) is 69.4 Å². The Balaban J connectivity index is 2.11. The van der Waals surface area contributed by atoms with Gasteiger partial charge >= 0.3 is 0 Å². The minimum atomic E-state index is -0.464. The van der Waals surface area contributed by atoms with Gasteiger partial charge in [-0.05, 0) is 41.5 Å². The van der Waals surface area contributed by atoms with Crippen LogP contribution in [0.3, 0.4) is 0 Å². The minimum absolute atomic E-state index is 0.464. The summed E-state index contributed by atoms with van der Waals surface area (Å²) in [5.41, 5.74) is 9.14. The van der Waals surface area contributed by atoms with Gasteiger partial charge in [-0.15, -0.1) is 0 Å². The largest absolute Gasteiger partial charge is 0.464 e. The molecule has 0 saturated carbocycles. The van der Waals surface area contributed by atoms with E-state index in [1.807, 2.05) is 36.4 Å². The van der Waals surface area contributed by atoms with Gasteiger partial charge in [0, 0.05) is 16.3 Å². The molecule has 0 fully saturated rings. The predicted octanol–water partition coefficient (Wildman–Crippen LogP) is 3.94. The Morgan fingerprint density at radius 3 is 2.57 bits per heavy atom. The lowest BCUT2D eigenvalue weighted by molar-refractivity contribution is 0.100. The number of benzene rings is 2. The zero-order chi connectivity index (χ0) is 14.4. The summed E-state index contributed by atoms with van der Waals surface area (Å²) in [6, 6.07) is 13.0. The Morgan fingerprint density at radius 1 is 0.905 bits per heavy atom. The van der Waals surface area contributed by atoms with Crippen molar-refractivity contribution in [1.29, 1.82) is 0 Å². The van der Waals surface area contributed by atoms with E-state index in [-0.39, 0.29) is 0 Å². The molecule has 0 atom stereocenters. The molecule has 0 radical (unpaired) electrons. The van der Waals surface area contributed by atoms with Gasteiger partial charge in [-0.2, -0.15) is 0 Å². The second-order valence-corrected chi connectivity index (χ2v) is 4.86. The average Bonchev–Trinajstić information content (AvgIpc) is 3.13. The smallest absolute Gasteiger partial charge is 0.249 e. The van der Waals surface area contributed by atoms with E-state index in [1.54, 1.807) is 18.6 Å². The first-order valence-corrected chi connectivity index (χ1v) is 6.52. The zero-order valence-corrected chi connectivity index (χ0v) is 11.0. The van der Waals surface area contributed by atoms with Crippen molar-refractivity contribution in [2.45, 2.75) is 0 Å². The fourth-order valence-corrected chi connectivity index (χ4v) is 2.67. The minimum Gasteiger partial charge on any atom is -0.464 e. The number of nitrogens with two attached hydrogens (primary N) is 1. The maximum Gasteiger partial charge on any atom is 0.249 e. The number of amides is 1. The summed E-state index contributed by atoms with van der Waals surface area (Å²) in [4.78, 5) is 11.8. The predicted molar refractivity (Wildman–Crippen MR) is 79.9 cm³/mol. The summed E-state index contributed by atoms with van der Waals surface area (Å²) in [6.45, 7) is 0. The van der Waals surface area contributed by atoms with E-state index in [2.05, 4.69) is 0 Å². The van der Waals surface area contributed by atoms with Crippen molar-refractivity contribution < 1.29 is 13.6 Å². The van der Waals surface area contributed by atoms with Crippen LogP contribution in [0, 0.1) is 0 Å². The third-order valence-corrected chi connectivity index (χ3v) is 3.64. The molecule has 0 aliphatic carbocycles. The highest BCUT2D eigenvalue weighted by atomic mass is 16.3. The molecule has 0 saturated heterocycles. The van der Waals surface area contributed by atoms with Crippen molar-refractivity contribution in [3.63, 3.8) is 0 Å². The Bertz CT molecular complexity index is 978. The molecule has 4 nitrogen and oxygen atoms in total. The molecule has 0 aliphatic heterocycles. The van der Waals surface area contributed by atoms with Crippen molar-refractivity contribution >= 4 is 27.8 Å². The Hall–Kier alpha value is -3.01. The number of carbonyl (C=O) groups excluding carboxylic acids is 1. The number of furan rings is 2. The summed E-state index contributed by atoms with van der Waals surface area (Å²) >= 11 is 0. The van der Waals surface area contributed by atoms with Crippen LogP contribution in [0.5, 0.6) is 0 Å². The van der Waals surface area contributed by atoms with Crippen LogP contribution in [-0.4, -0.2) is 5.91 Å². The Kier molecular flexibility index (Phi) is 2.38. The molecular formula is C17H11NO3. The van der Waals surface area contributed by atoms with Crippen molar-refractivity contribution in [1.82, 2.24) is 0 Å². The third-order valence-electron chi connectivity index (χ3n) is 3.64. The lowest BCUT2D eigenvalue weighted by atomic mass is 9.95. The van der Waals surface area contributed by atoms with Gasteiger partial charge in [0.2, 0.25) is 5.91 Å². The van der Waals surface area contributed by atoms with E-state index in [4.69, 9.17) is 14.6 Å². The number of hydrogen-bond acceptors (Lipinski definition) is 3. The van der Waals surface area contributed by atoms with Crippen molar-refractivity contribution in [2.24, 2.45) is 5.73 Å². The molecule has 21 heavy (non-hydrogen) atoms. The van der Waals surface area contributed by atoms with Crippen LogP contribution < -0.4 is 5.73 Å². The van der Waals surface area contributed by atoms with Gasteiger partial charge in [0.25, 0.3) is 0 Å². The highest BCUT2D eigenvalue weighted by Gasteiger charge is 2.15. The van der Waals surface area contributed by atoms with Gasteiger partial charge in [0.1, 0.15) is 11.2 Å². The van der Waals surface area contributed by atoms with Gasteiger partial charge in [-0.3, -0.25) is 4.79 Å². The van der Waals surface area contributed by atoms with Crippen molar-refractivity contribution in [2.75, 3.05) is 0 Å². The second kappa shape index (κ2) is 4.24. The highest BCUT2D eigenvalue weighted by molar-refractivity contribution is 6.07. The van der Waals surface area contributed by atoms with Gasteiger partial charge in [-0.1, -0.05) is 12.1 Å². The lowest BCUT2D eigenvalue weighted by Gasteiger charge is -2.08. The van der Waals surface area contributed by atoms with Crippen LogP contribution in [0.25, 0.3) is 33.1 Å². The molecule has 0 unspecified atom stereocenters. The monoisotopic (exact) mass is 277 g/mol. The molecule has 2 aromatic carbocycles. The molecule has 4 aromatic rings. The van der Waals surface area contributed by atoms with Gasteiger partial charge in [0.15, 0.2) is 0 Å². The number of carbonyl (C=O) groups is 1. The molecule has 0 spiro atoms. The first-order chi connectivity index (χ1) is 10.2. The molecule has 0 bridgehead atoms. The first kappa shape index (κ1) is 11.8. The van der Waals surface area contributed by atoms with Crippen LogP contribution >= 0.6 is 0 Å². The van der Waals surface area contributed by atoms with Crippen LogP contribution in [0.15, 0.2) is 63.8 Å². The summed E-state index contributed by atoms with van der Waals surface area (Å²) < 4.78 is 10.8. The number of rotatable bonds is 2. The van der Waals surface area contributed by atoms with E-state index >= 15 is 0 Å². The lowest BCUT2D eigenvalue weighted by Crippen LogP contribution is -2.12. The standard InChI is InChI=1S/C17H11NO3/c18-17(19)14-8-10-4-6-21-16(10)9-13(14)11-2-1-3-15-12(11)5-7-20-15/h1-9H,(H2,18,19). The number of primary amides is 1. The molecule has 0 aliphatic rings. The quantitative estimate of drug-likeness (QED) is 0.603. The zero-order valence-electron chi connectivity index (χ0n) is 11.0.